The van der Waals surface area contributed by atoms with Gasteiger partial charge in [-0.3, -0.25) is 0 Å². The highest BCUT2D eigenvalue weighted by atomic mass is 32.2. The minimum atomic E-state index is -3.21. The Labute approximate surface area is 148 Å². The maximum atomic E-state index is 11.6. The zero-order chi connectivity index (χ0) is 18.1. The lowest BCUT2D eigenvalue weighted by Crippen LogP contribution is -2.44. The predicted octanol–water partition coefficient (Wildman–Crippen LogP) is 2.12. The molecule has 1 unspecified atom stereocenters. The maximum Gasteiger partial charge on any atom is 0.175 e. The number of rotatable bonds is 5. The fourth-order valence-corrected chi connectivity index (χ4v) is 4.07. The zero-order valence-electron chi connectivity index (χ0n) is 14.9. The summed E-state index contributed by atoms with van der Waals surface area (Å²) in [7, 11) is -3.21. The normalized spacial score (nSPS) is 20.5. The van der Waals surface area contributed by atoms with Crippen LogP contribution in [0.25, 0.3) is 5.69 Å². The molecule has 1 fully saturated rings. The monoisotopic (exact) mass is 363 g/mol. The van der Waals surface area contributed by atoms with E-state index in [1.807, 2.05) is 0 Å². The van der Waals surface area contributed by atoms with Gasteiger partial charge < -0.3 is 5.32 Å². The molecule has 1 atom stereocenters. The molecule has 0 radical (unpaired) electrons. The standard InChI is InChI=1S/C17H25N5O2S/c1-17(2)11-5-4-6-15(17)18-12-16-19-20-21-22(16)13-7-9-14(10-8-13)25(3,23)24/h7-10,15,18H,4-6,11-12H2,1-3H3. The van der Waals surface area contributed by atoms with Crippen molar-refractivity contribution in [1.82, 2.24) is 25.5 Å². The van der Waals surface area contributed by atoms with Crippen LogP contribution in [0.4, 0.5) is 0 Å². The third-order valence-corrected chi connectivity index (χ3v) is 6.19. The molecule has 25 heavy (non-hydrogen) atoms. The molecule has 7 nitrogen and oxygen atoms in total. The molecule has 0 spiro atoms. The Hall–Kier alpha value is -1.80. The molecule has 0 saturated heterocycles. The van der Waals surface area contributed by atoms with Crippen LogP contribution in [0, 0.1) is 5.41 Å². The average molecular weight is 363 g/mol. The summed E-state index contributed by atoms with van der Waals surface area (Å²) in [5, 5.41) is 15.5. The van der Waals surface area contributed by atoms with E-state index in [9.17, 15) is 8.42 Å². The molecule has 0 amide bonds. The number of sulfone groups is 1. The van der Waals surface area contributed by atoms with E-state index in [0.717, 1.165) is 12.1 Å². The number of nitrogens with one attached hydrogen (secondary N) is 1. The zero-order valence-corrected chi connectivity index (χ0v) is 15.8. The van der Waals surface area contributed by atoms with Gasteiger partial charge in [-0.05, 0) is 52.9 Å². The fourth-order valence-electron chi connectivity index (χ4n) is 3.44. The molecule has 1 aromatic carbocycles. The minimum Gasteiger partial charge on any atom is -0.306 e. The molecule has 8 heteroatoms. The minimum absolute atomic E-state index is 0.271. The second-order valence-electron chi connectivity index (χ2n) is 7.44. The Morgan fingerprint density at radius 1 is 1.24 bits per heavy atom. The van der Waals surface area contributed by atoms with E-state index in [1.165, 1.54) is 25.5 Å². The Bertz CT molecular complexity index is 827. The summed E-state index contributed by atoms with van der Waals surface area (Å²) in [4.78, 5) is 0.285. The summed E-state index contributed by atoms with van der Waals surface area (Å²) >= 11 is 0. The third-order valence-electron chi connectivity index (χ3n) is 5.06. The summed E-state index contributed by atoms with van der Waals surface area (Å²) in [6.45, 7) is 5.18. The lowest BCUT2D eigenvalue weighted by Gasteiger charge is -2.39. The van der Waals surface area contributed by atoms with E-state index in [4.69, 9.17) is 0 Å². The second kappa shape index (κ2) is 6.84. The lowest BCUT2D eigenvalue weighted by atomic mass is 9.73. The van der Waals surface area contributed by atoms with E-state index < -0.39 is 9.84 Å². The van der Waals surface area contributed by atoms with Gasteiger partial charge in [0.1, 0.15) is 0 Å². The number of hydrogen-bond donors (Lipinski definition) is 1. The van der Waals surface area contributed by atoms with Gasteiger partial charge in [0.15, 0.2) is 15.7 Å². The first-order chi connectivity index (χ1) is 11.8. The number of hydrogen-bond acceptors (Lipinski definition) is 6. The van der Waals surface area contributed by atoms with E-state index in [1.54, 1.807) is 28.9 Å². The van der Waals surface area contributed by atoms with Gasteiger partial charge in [0.05, 0.1) is 17.1 Å². The summed E-state index contributed by atoms with van der Waals surface area (Å²) in [6.07, 6.45) is 6.12. The van der Waals surface area contributed by atoms with Gasteiger partial charge in [0.2, 0.25) is 0 Å². The Balaban J connectivity index is 1.74. The number of aromatic nitrogens is 4. The van der Waals surface area contributed by atoms with Gasteiger partial charge >= 0.3 is 0 Å². The van der Waals surface area contributed by atoms with Crippen LogP contribution >= 0.6 is 0 Å². The molecule has 1 aromatic heterocycles. The first-order valence-corrected chi connectivity index (χ1v) is 10.5. The van der Waals surface area contributed by atoms with Crippen LogP contribution in [-0.2, 0) is 16.4 Å². The number of tetrazole rings is 1. The van der Waals surface area contributed by atoms with E-state index in [0.29, 0.717) is 18.4 Å². The highest BCUT2D eigenvalue weighted by Gasteiger charge is 2.31. The van der Waals surface area contributed by atoms with E-state index in [2.05, 4.69) is 34.7 Å². The number of benzene rings is 1. The molecule has 2 aromatic rings. The van der Waals surface area contributed by atoms with Crippen molar-refractivity contribution in [2.24, 2.45) is 5.41 Å². The molecule has 1 N–H and O–H groups in total. The molecule has 0 bridgehead atoms. The quantitative estimate of drug-likeness (QED) is 0.875. The van der Waals surface area contributed by atoms with Crippen LogP contribution < -0.4 is 5.32 Å². The van der Waals surface area contributed by atoms with E-state index in [-0.39, 0.29) is 10.3 Å². The lowest BCUT2D eigenvalue weighted by molar-refractivity contribution is 0.165. The largest absolute Gasteiger partial charge is 0.306 e. The molecule has 1 aliphatic rings. The topological polar surface area (TPSA) is 89.8 Å². The summed E-state index contributed by atoms with van der Waals surface area (Å²) < 4.78 is 24.8. The highest BCUT2D eigenvalue weighted by molar-refractivity contribution is 7.90. The van der Waals surface area contributed by atoms with Crippen LogP contribution in [-0.4, -0.2) is 40.9 Å². The van der Waals surface area contributed by atoms with Crippen molar-refractivity contribution in [3.05, 3.63) is 30.1 Å². The van der Waals surface area contributed by atoms with Gasteiger partial charge in [0.25, 0.3) is 0 Å². The first-order valence-electron chi connectivity index (χ1n) is 8.58. The average Bonchev–Trinajstić information content (AvgIpc) is 3.01. The van der Waals surface area contributed by atoms with Crippen molar-refractivity contribution >= 4 is 9.84 Å². The smallest absolute Gasteiger partial charge is 0.175 e. The maximum absolute atomic E-state index is 11.6. The molecule has 1 aliphatic carbocycles. The van der Waals surface area contributed by atoms with Crippen molar-refractivity contribution in [3.8, 4) is 5.69 Å². The summed E-state index contributed by atoms with van der Waals surface area (Å²) in [5.41, 5.74) is 1.02. The van der Waals surface area contributed by atoms with Crippen molar-refractivity contribution in [3.63, 3.8) is 0 Å². The SMILES string of the molecule is CC1(C)CCCCC1NCc1nnnn1-c1ccc(S(C)(=O)=O)cc1. The van der Waals surface area contributed by atoms with Crippen LogP contribution in [0.1, 0.15) is 45.4 Å². The molecule has 3 rings (SSSR count). The van der Waals surface area contributed by atoms with Crippen molar-refractivity contribution in [2.75, 3.05) is 6.26 Å². The van der Waals surface area contributed by atoms with Crippen LogP contribution in [0.2, 0.25) is 0 Å². The highest BCUT2D eigenvalue weighted by Crippen LogP contribution is 2.35. The van der Waals surface area contributed by atoms with Gasteiger partial charge in [-0.2, -0.15) is 4.68 Å². The van der Waals surface area contributed by atoms with Gasteiger partial charge in [-0.1, -0.05) is 26.7 Å². The Morgan fingerprint density at radius 3 is 2.60 bits per heavy atom. The van der Waals surface area contributed by atoms with Crippen molar-refractivity contribution in [1.29, 1.82) is 0 Å². The van der Waals surface area contributed by atoms with Crippen molar-refractivity contribution < 1.29 is 8.42 Å². The van der Waals surface area contributed by atoms with Gasteiger partial charge in [-0.25, -0.2) is 8.42 Å². The fraction of sp³-hybridized carbons (Fsp3) is 0.588. The van der Waals surface area contributed by atoms with Gasteiger partial charge in [0, 0.05) is 12.3 Å². The number of nitrogens with zero attached hydrogens (tertiary/aromatic N) is 4. The van der Waals surface area contributed by atoms with Crippen LogP contribution in [0.3, 0.4) is 0 Å². The molecule has 136 valence electrons. The Kier molecular flexibility index (Phi) is 4.92. The van der Waals surface area contributed by atoms with E-state index >= 15 is 0 Å². The molecule has 1 heterocycles. The summed E-state index contributed by atoms with van der Waals surface area (Å²) in [5.74, 6) is 0.716. The predicted molar refractivity (Wildman–Crippen MR) is 95.1 cm³/mol. The molecule has 0 aliphatic heterocycles. The van der Waals surface area contributed by atoms with Crippen LogP contribution in [0.15, 0.2) is 29.2 Å². The molecular weight excluding hydrogens is 338 g/mol. The second-order valence-corrected chi connectivity index (χ2v) is 9.46. The molecular formula is C17H25N5O2S. The van der Waals surface area contributed by atoms with Crippen LogP contribution in [0.5, 0.6) is 0 Å². The first kappa shape index (κ1) is 18.0. The molecule has 1 saturated carbocycles. The van der Waals surface area contributed by atoms with Gasteiger partial charge in [-0.15, -0.1) is 5.10 Å². The third kappa shape index (κ3) is 4.07. The Morgan fingerprint density at radius 2 is 1.96 bits per heavy atom. The van der Waals surface area contributed by atoms with Crippen molar-refractivity contribution in [2.45, 2.75) is 57.0 Å². The summed E-state index contributed by atoms with van der Waals surface area (Å²) in [6, 6.07) is 7.04.